The molecule has 1 aromatic rings. The van der Waals surface area contributed by atoms with E-state index in [4.69, 9.17) is 0 Å². The van der Waals surface area contributed by atoms with E-state index in [1.807, 2.05) is 31.2 Å². The predicted octanol–water partition coefficient (Wildman–Crippen LogP) is 2.72. The second-order valence-electron chi connectivity index (χ2n) is 5.18. The Morgan fingerprint density at radius 1 is 1.28 bits per heavy atom. The van der Waals surface area contributed by atoms with Gasteiger partial charge in [0, 0.05) is 23.7 Å². The molecule has 1 aromatic carbocycles. The summed E-state index contributed by atoms with van der Waals surface area (Å²) in [4.78, 5) is 22.7. The molecule has 0 bridgehead atoms. The van der Waals surface area contributed by atoms with Crippen LogP contribution < -0.4 is 0 Å². The van der Waals surface area contributed by atoms with Crippen molar-refractivity contribution >= 4 is 5.78 Å². The summed E-state index contributed by atoms with van der Waals surface area (Å²) < 4.78 is 0. The van der Waals surface area contributed by atoms with Gasteiger partial charge < -0.3 is 0 Å². The van der Waals surface area contributed by atoms with Gasteiger partial charge in [-0.25, -0.2) is 0 Å². The van der Waals surface area contributed by atoms with Crippen molar-refractivity contribution in [3.05, 3.63) is 45.5 Å². The van der Waals surface area contributed by atoms with Crippen LogP contribution >= 0.6 is 0 Å². The topological polar surface area (TPSA) is 60.2 Å². The van der Waals surface area contributed by atoms with E-state index in [-0.39, 0.29) is 29.0 Å². The second kappa shape index (κ2) is 4.88. The molecule has 3 atom stereocenters. The minimum atomic E-state index is -0.639. The smallest absolute Gasteiger partial charge is 0.221 e. The average Bonchev–Trinajstić information content (AvgIpc) is 2.33. The van der Waals surface area contributed by atoms with Gasteiger partial charge in [-0.05, 0) is 12.5 Å². The minimum Gasteiger partial charge on any atom is -0.299 e. The van der Waals surface area contributed by atoms with Crippen LogP contribution in [0.1, 0.15) is 36.8 Å². The average molecular weight is 247 g/mol. The number of nitrogens with zero attached hydrogens (tertiary/aromatic N) is 1. The van der Waals surface area contributed by atoms with E-state index < -0.39 is 6.04 Å². The molecule has 0 aliphatic heterocycles. The van der Waals surface area contributed by atoms with Gasteiger partial charge in [-0.3, -0.25) is 14.9 Å². The standard InChI is InChI=1S/C14H17NO3/c1-9-3-5-11(6-4-9)12-8-14(16)10(2)7-13(12)15(17)18/h3-6,10,12-13H,7-8H2,1-2H3/t10-,12-,13+/m1/s1. The number of ketones is 1. The highest BCUT2D eigenvalue weighted by Gasteiger charge is 2.41. The van der Waals surface area contributed by atoms with Crippen LogP contribution in [0.5, 0.6) is 0 Å². The zero-order valence-electron chi connectivity index (χ0n) is 10.6. The summed E-state index contributed by atoms with van der Waals surface area (Å²) in [6.07, 6.45) is 0.639. The van der Waals surface area contributed by atoms with E-state index >= 15 is 0 Å². The highest BCUT2D eigenvalue weighted by molar-refractivity contribution is 5.82. The molecule has 4 nitrogen and oxygen atoms in total. The fourth-order valence-corrected chi connectivity index (χ4v) is 2.60. The molecule has 0 heterocycles. The maximum Gasteiger partial charge on any atom is 0.221 e. The van der Waals surface area contributed by atoms with Gasteiger partial charge in [0.25, 0.3) is 0 Å². The van der Waals surface area contributed by atoms with Crippen LogP contribution in [-0.2, 0) is 4.79 Å². The Morgan fingerprint density at radius 2 is 1.89 bits per heavy atom. The predicted molar refractivity (Wildman–Crippen MR) is 68.1 cm³/mol. The molecule has 0 saturated heterocycles. The summed E-state index contributed by atoms with van der Waals surface area (Å²) in [5.74, 6) is -0.329. The van der Waals surface area contributed by atoms with Crippen molar-refractivity contribution < 1.29 is 9.72 Å². The third kappa shape index (κ3) is 2.42. The molecular weight excluding hydrogens is 230 g/mol. The van der Waals surface area contributed by atoms with Crippen molar-refractivity contribution in [2.75, 3.05) is 0 Å². The molecule has 96 valence electrons. The summed E-state index contributed by atoms with van der Waals surface area (Å²) in [5.41, 5.74) is 2.02. The van der Waals surface area contributed by atoms with E-state index in [9.17, 15) is 14.9 Å². The van der Waals surface area contributed by atoms with Crippen LogP contribution in [0.25, 0.3) is 0 Å². The van der Waals surface area contributed by atoms with E-state index in [0.717, 1.165) is 11.1 Å². The molecule has 1 aliphatic rings. The Bertz CT molecular complexity index is 466. The van der Waals surface area contributed by atoms with Crippen molar-refractivity contribution in [3.63, 3.8) is 0 Å². The number of carbonyl (C=O) groups excluding carboxylic acids is 1. The van der Waals surface area contributed by atoms with Crippen LogP contribution in [0, 0.1) is 23.0 Å². The summed E-state index contributed by atoms with van der Waals surface area (Å²) >= 11 is 0. The Labute approximate surface area is 106 Å². The monoisotopic (exact) mass is 247 g/mol. The highest BCUT2D eigenvalue weighted by Crippen LogP contribution is 2.35. The number of aryl methyl sites for hydroxylation is 1. The van der Waals surface area contributed by atoms with E-state index in [2.05, 4.69) is 0 Å². The van der Waals surface area contributed by atoms with Gasteiger partial charge in [0.2, 0.25) is 6.04 Å². The van der Waals surface area contributed by atoms with Crippen LogP contribution in [0.4, 0.5) is 0 Å². The van der Waals surface area contributed by atoms with E-state index in [0.29, 0.717) is 6.42 Å². The zero-order valence-corrected chi connectivity index (χ0v) is 10.6. The third-order valence-electron chi connectivity index (χ3n) is 3.81. The van der Waals surface area contributed by atoms with Gasteiger partial charge in [0.15, 0.2) is 0 Å². The molecule has 0 radical (unpaired) electrons. The molecule has 0 spiro atoms. The molecule has 0 unspecified atom stereocenters. The Hall–Kier alpha value is -1.71. The molecule has 0 aromatic heterocycles. The number of nitro groups is 1. The van der Waals surface area contributed by atoms with Crippen LogP contribution in [0.3, 0.4) is 0 Å². The zero-order chi connectivity index (χ0) is 13.3. The lowest BCUT2D eigenvalue weighted by atomic mass is 9.75. The van der Waals surface area contributed by atoms with Gasteiger partial charge in [-0.1, -0.05) is 36.8 Å². The third-order valence-corrected chi connectivity index (χ3v) is 3.81. The first-order valence-electron chi connectivity index (χ1n) is 6.22. The lowest BCUT2D eigenvalue weighted by Gasteiger charge is -2.28. The van der Waals surface area contributed by atoms with Crippen molar-refractivity contribution in [2.45, 2.75) is 38.6 Å². The SMILES string of the molecule is Cc1ccc([C@H]2CC(=O)[C@H](C)C[C@@H]2[N+](=O)[O-])cc1. The number of carbonyl (C=O) groups is 1. The Balaban J connectivity index is 2.30. The number of rotatable bonds is 2. The molecule has 0 amide bonds. The molecule has 1 saturated carbocycles. The molecular formula is C14H17NO3. The quantitative estimate of drug-likeness (QED) is 0.596. The first-order chi connectivity index (χ1) is 8.49. The minimum absolute atomic E-state index is 0.138. The van der Waals surface area contributed by atoms with E-state index in [1.54, 1.807) is 6.92 Å². The van der Waals surface area contributed by atoms with Crippen LogP contribution in [-0.4, -0.2) is 16.7 Å². The first-order valence-corrected chi connectivity index (χ1v) is 6.22. The molecule has 1 fully saturated rings. The molecule has 2 rings (SSSR count). The van der Waals surface area contributed by atoms with Crippen LogP contribution in [0.2, 0.25) is 0 Å². The molecule has 0 N–H and O–H groups in total. The lowest BCUT2D eigenvalue weighted by Crippen LogP contribution is -2.38. The van der Waals surface area contributed by atoms with Crippen LogP contribution in [0.15, 0.2) is 24.3 Å². The van der Waals surface area contributed by atoms with Gasteiger partial charge >= 0.3 is 0 Å². The maximum atomic E-state index is 11.8. The molecule has 4 heteroatoms. The number of hydrogen-bond donors (Lipinski definition) is 0. The first kappa shape index (κ1) is 12.7. The van der Waals surface area contributed by atoms with Crippen molar-refractivity contribution in [3.8, 4) is 0 Å². The second-order valence-corrected chi connectivity index (χ2v) is 5.18. The summed E-state index contributed by atoms with van der Waals surface area (Å²) in [6.45, 7) is 3.76. The largest absolute Gasteiger partial charge is 0.299 e. The van der Waals surface area contributed by atoms with E-state index in [1.165, 1.54) is 0 Å². The Kier molecular flexibility index (Phi) is 3.45. The van der Waals surface area contributed by atoms with Crippen molar-refractivity contribution in [1.82, 2.24) is 0 Å². The normalized spacial score (nSPS) is 28.1. The van der Waals surface area contributed by atoms with Gasteiger partial charge in [-0.15, -0.1) is 0 Å². The lowest BCUT2D eigenvalue weighted by molar-refractivity contribution is -0.529. The fourth-order valence-electron chi connectivity index (χ4n) is 2.60. The number of Topliss-reactive ketones (excluding diaryl/α,β-unsaturated/α-hetero) is 1. The summed E-state index contributed by atoms with van der Waals surface area (Å²) in [5, 5.41) is 11.2. The number of hydrogen-bond acceptors (Lipinski definition) is 3. The number of benzene rings is 1. The van der Waals surface area contributed by atoms with Crippen molar-refractivity contribution in [1.29, 1.82) is 0 Å². The van der Waals surface area contributed by atoms with Gasteiger partial charge in [0.05, 0.1) is 5.92 Å². The maximum absolute atomic E-state index is 11.8. The molecule has 18 heavy (non-hydrogen) atoms. The fraction of sp³-hybridized carbons (Fsp3) is 0.500. The Morgan fingerprint density at radius 3 is 2.44 bits per heavy atom. The van der Waals surface area contributed by atoms with Crippen molar-refractivity contribution in [2.24, 2.45) is 5.92 Å². The highest BCUT2D eigenvalue weighted by atomic mass is 16.6. The summed E-state index contributed by atoms with van der Waals surface area (Å²) in [6, 6.07) is 7.05. The summed E-state index contributed by atoms with van der Waals surface area (Å²) in [7, 11) is 0. The van der Waals surface area contributed by atoms with Gasteiger partial charge in [-0.2, -0.15) is 0 Å². The molecule has 1 aliphatic carbocycles. The van der Waals surface area contributed by atoms with Gasteiger partial charge in [0.1, 0.15) is 5.78 Å².